The van der Waals surface area contributed by atoms with Crippen LogP contribution >= 0.6 is 0 Å². The number of hydrogen-bond acceptors (Lipinski definition) is 1. The second kappa shape index (κ2) is 12.3. The molecule has 258 valence electrons. The van der Waals surface area contributed by atoms with Crippen LogP contribution in [0.5, 0.6) is 0 Å². The van der Waals surface area contributed by atoms with Crippen molar-refractivity contribution in [3.63, 3.8) is 0 Å². The van der Waals surface area contributed by atoms with E-state index in [0.29, 0.717) is 0 Å². The third-order valence-corrected chi connectivity index (χ3v) is 12.0. The third kappa shape index (κ3) is 4.71. The summed E-state index contributed by atoms with van der Waals surface area (Å²) in [6.45, 7) is 6.90. The van der Waals surface area contributed by atoms with Crippen LogP contribution in [-0.4, -0.2) is 0 Å². The molecule has 0 spiro atoms. The topological polar surface area (TPSA) is 3.24 Å². The van der Waals surface area contributed by atoms with Crippen molar-refractivity contribution < 1.29 is 0 Å². The van der Waals surface area contributed by atoms with Crippen molar-refractivity contribution in [3.8, 4) is 33.4 Å². The van der Waals surface area contributed by atoms with Gasteiger partial charge in [0, 0.05) is 22.4 Å². The number of nitrogens with zero attached hydrogens (tertiary/aromatic N) is 1. The van der Waals surface area contributed by atoms with E-state index in [2.05, 4.69) is 220 Å². The van der Waals surface area contributed by atoms with Crippen LogP contribution in [0.25, 0.3) is 33.4 Å². The Labute approximate surface area is 318 Å². The Kier molecular flexibility index (Phi) is 7.35. The number of hydrogen-bond donors (Lipinski definition) is 0. The predicted molar refractivity (Wildman–Crippen MR) is 226 cm³/mol. The Balaban J connectivity index is 1.24. The lowest BCUT2D eigenvalue weighted by Crippen LogP contribution is -2.28. The first-order valence-corrected chi connectivity index (χ1v) is 19.0. The molecule has 0 amide bonds. The molecule has 0 saturated heterocycles. The van der Waals surface area contributed by atoms with E-state index in [0.717, 1.165) is 17.1 Å². The first-order chi connectivity index (χ1) is 26.5. The van der Waals surface area contributed by atoms with Crippen LogP contribution in [0.1, 0.15) is 52.8 Å². The van der Waals surface area contributed by atoms with Crippen molar-refractivity contribution in [2.45, 2.75) is 31.6 Å². The molecule has 1 unspecified atom stereocenters. The zero-order valence-corrected chi connectivity index (χ0v) is 30.9. The van der Waals surface area contributed by atoms with Crippen LogP contribution in [0, 0.1) is 6.92 Å². The zero-order valence-electron chi connectivity index (χ0n) is 30.9. The molecule has 1 heteroatoms. The number of fused-ring (bicyclic) bond motifs is 6. The van der Waals surface area contributed by atoms with Gasteiger partial charge in [0.15, 0.2) is 0 Å². The first-order valence-electron chi connectivity index (χ1n) is 19.0. The van der Waals surface area contributed by atoms with E-state index < -0.39 is 5.41 Å². The van der Waals surface area contributed by atoms with Crippen LogP contribution in [-0.2, 0) is 10.8 Å². The van der Waals surface area contributed by atoms with Gasteiger partial charge in [0.2, 0.25) is 0 Å². The molecule has 0 saturated carbocycles. The van der Waals surface area contributed by atoms with E-state index in [-0.39, 0.29) is 5.41 Å². The van der Waals surface area contributed by atoms with Crippen molar-refractivity contribution in [2.75, 3.05) is 4.90 Å². The van der Waals surface area contributed by atoms with E-state index in [9.17, 15) is 0 Å². The quantitative estimate of drug-likeness (QED) is 0.168. The highest BCUT2D eigenvalue weighted by Gasteiger charge is 2.46. The molecule has 0 fully saturated rings. The van der Waals surface area contributed by atoms with Crippen LogP contribution in [0.2, 0.25) is 0 Å². The van der Waals surface area contributed by atoms with Gasteiger partial charge in [-0.2, -0.15) is 0 Å². The van der Waals surface area contributed by atoms with Crippen molar-refractivity contribution in [1.29, 1.82) is 0 Å². The molecule has 10 rings (SSSR count). The van der Waals surface area contributed by atoms with Crippen molar-refractivity contribution in [1.82, 2.24) is 0 Å². The summed E-state index contributed by atoms with van der Waals surface area (Å²) < 4.78 is 0. The number of anilines is 3. The Hall–Kier alpha value is -6.44. The summed E-state index contributed by atoms with van der Waals surface area (Å²) in [5, 5.41) is 0. The maximum Gasteiger partial charge on any atom is 0.0713 e. The maximum absolute atomic E-state index is 2.49. The van der Waals surface area contributed by atoms with Gasteiger partial charge in [-0.05, 0) is 98.5 Å². The van der Waals surface area contributed by atoms with Gasteiger partial charge in [0.1, 0.15) is 0 Å². The van der Waals surface area contributed by atoms with Crippen LogP contribution in [0.4, 0.5) is 17.1 Å². The monoisotopic (exact) mass is 691 g/mol. The molecule has 0 heterocycles. The second-order valence-corrected chi connectivity index (χ2v) is 15.4. The lowest BCUT2D eigenvalue weighted by atomic mass is 9.67. The molecule has 0 aromatic heterocycles. The molecule has 0 aliphatic heterocycles. The third-order valence-electron chi connectivity index (χ3n) is 12.0. The van der Waals surface area contributed by atoms with Gasteiger partial charge in [0.05, 0.1) is 11.1 Å². The molecule has 1 atom stereocenters. The maximum atomic E-state index is 2.49. The molecule has 2 aliphatic carbocycles. The smallest absolute Gasteiger partial charge is 0.0713 e. The van der Waals surface area contributed by atoms with Crippen molar-refractivity contribution >= 4 is 17.1 Å². The summed E-state index contributed by atoms with van der Waals surface area (Å²) in [5.74, 6) is 0. The Morgan fingerprint density at radius 3 is 1.63 bits per heavy atom. The van der Waals surface area contributed by atoms with Crippen LogP contribution < -0.4 is 4.90 Å². The summed E-state index contributed by atoms with van der Waals surface area (Å²) in [6.07, 6.45) is 0. The lowest BCUT2D eigenvalue weighted by Gasteiger charge is -2.34. The van der Waals surface area contributed by atoms with Gasteiger partial charge < -0.3 is 4.90 Å². The average Bonchev–Trinajstić information content (AvgIpc) is 3.64. The average molecular weight is 692 g/mol. The molecule has 2 aliphatic rings. The summed E-state index contributed by atoms with van der Waals surface area (Å²) in [4.78, 5) is 2.49. The molecular weight excluding hydrogens is 651 g/mol. The Morgan fingerprint density at radius 2 is 0.889 bits per heavy atom. The summed E-state index contributed by atoms with van der Waals surface area (Å²) >= 11 is 0. The summed E-state index contributed by atoms with van der Waals surface area (Å²) in [5.41, 5.74) is 19.7. The fourth-order valence-electron chi connectivity index (χ4n) is 9.48. The highest BCUT2D eigenvalue weighted by atomic mass is 15.1. The van der Waals surface area contributed by atoms with E-state index in [1.165, 1.54) is 72.3 Å². The van der Waals surface area contributed by atoms with Gasteiger partial charge in [0.25, 0.3) is 0 Å². The zero-order chi connectivity index (χ0) is 36.4. The van der Waals surface area contributed by atoms with Gasteiger partial charge in [-0.3, -0.25) is 0 Å². The minimum atomic E-state index is -0.449. The fourth-order valence-corrected chi connectivity index (χ4v) is 9.48. The first kappa shape index (κ1) is 32.2. The SMILES string of the molecule is Cc1ccc(C2(c3ccccc3)c3ccccc3-c3cc(N(c4ccc5c(c4)C(C)(C)c4ccccc4-5)c4ccccc4-c4ccccc4)ccc32)cc1. The molecule has 1 nitrogen and oxygen atoms in total. The number of benzene rings is 8. The van der Waals surface area contributed by atoms with Gasteiger partial charge in [-0.15, -0.1) is 0 Å². The van der Waals surface area contributed by atoms with Gasteiger partial charge in [-0.1, -0.05) is 183 Å². The van der Waals surface area contributed by atoms with Crippen LogP contribution in [0.3, 0.4) is 0 Å². The minimum Gasteiger partial charge on any atom is -0.310 e. The standard InChI is InChI=1S/C53H41N/c1-36-26-28-39(29-27-36)53(38-18-8-5-9-19-38)48-24-14-11-22-44(48)46-34-40(31-33-49(46)53)54(51-25-15-12-20-42(51)37-16-6-4-7-17-37)41-30-32-45-43-21-10-13-23-47(43)52(2,3)50(45)35-41/h4-35H,1-3H3. The second-order valence-electron chi connectivity index (χ2n) is 15.4. The normalized spacial score (nSPS) is 15.9. The minimum absolute atomic E-state index is 0.118. The molecule has 0 N–H and O–H groups in total. The molecule has 0 radical (unpaired) electrons. The lowest BCUT2D eigenvalue weighted by molar-refractivity contribution is 0.660. The Bertz CT molecular complexity index is 2690. The number of rotatable bonds is 6. The van der Waals surface area contributed by atoms with E-state index in [1.54, 1.807) is 0 Å². The highest BCUT2D eigenvalue weighted by Crippen LogP contribution is 2.58. The van der Waals surface area contributed by atoms with Crippen molar-refractivity contribution in [3.05, 3.63) is 233 Å². The molecule has 8 aromatic carbocycles. The Morgan fingerprint density at radius 1 is 0.370 bits per heavy atom. The summed E-state index contributed by atoms with van der Waals surface area (Å²) in [7, 11) is 0. The van der Waals surface area contributed by atoms with Gasteiger partial charge >= 0.3 is 0 Å². The highest BCUT2D eigenvalue weighted by molar-refractivity contribution is 5.94. The van der Waals surface area contributed by atoms with E-state index in [1.807, 2.05) is 0 Å². The van der Waals surface area contributed by atoms with E-state index in [4.69, 9.17) is 0 Å². The molecule has 54 heavy (non-hydrogen) atoms. The molecule has 0 bridgehead atoms. The van der Waals surface area contributed by atoms with Crippen LogP contribution in [0.15, 0.2) is 194 Å². The summed E-state index contributed by atoms with van der Waals surface area (Å²) in [6, 6.07) is 72.1. The predicted octanol–water partition coefficient (Wildman–Crippen LogP) is 13.8. The van der Waals surface area contributed by atoms with E-state index >= 15 is 0 Å². The van der Waals surface area contributed by atoms with Gasteiger partial charge in [-0.25, -0.2) is 0 Å². The molecule has 8 aromatic rings. The number of para-hydroxylation sites is 1. The molecular formula is C53H41N. The van der Waals surface area contributed by atoms with Crippen molar-refractivity contribution in [2.24, 2.45) is 0 Å². The fraction of sp³-hybridized carbons (Fsp3) is 0.0943. The largest absolute Gasteiger partial charge is 0.310 e. The number of aryl methyl sites for hydroxylation is 1.